The fourth-order valence-corrected chi connectivity index (χ4v) is 2.92. The van der Waals surface area contributed by atoms with Crippen LogP contribution in [0.3, 0.4) is 0 Å². The summed E-state index contributed by atoms with van der Waals surface area (Å²) in [6.07, 6.45) is 2.21. The number of benzene rings is 1. The molecule has 0 radical (unpaired) electrons. The molecule has 1 fully saturated rings. The van der Waals surface area contributed by atoms with E-state index < -0.39 is 0 Å². The molecule has 1 amide bonds. The van der Waals surface area contributed by atoms with Crippen LogP contribution < -0.4 is 10.1 Å². The Balaban J connectivity index is 1.66. The Kier molecular flexibility index (Phi) is 3.53. The van der Waals surface area contributed by atoms with E-state index in [1.54, 1.807) is 12.1 Å². The van der Waals surface area contributed by atoms with E-state index in [0.717, 1.165) is 31.5 Å². The minimum Gasteiger partial charge on any atom is -0.508 e. The zero-order valence-corrected chi connectivity index (χ0v) is 11.6. The number of carbonyl (C=O) groups is 1. The normalized spacial score (nSPS) is 22.4. The Morgan fingerprint density at radius 3 is 2.95 bits per heavy atom. The van der Waals surface area contributed by atoms with Gasteiger partial charge in [0.25, 0.3) is 0 Å². The maximum Gasteiger partial charge on any atom is 0.239 e. The number of phenols is 1. The molecule has 3 rings (SSSR count). The van der Waals surface area contributed by atoms with Crippen LogP contribution in [0.1, 0.15) is 31.4 Å². The van der Waals surface area contributed by atoms with Gasteiger partial charge < -0.3 is 14.7 Å². The molecule has 2 aliphatic heterocycles. The zero-order valence-electron chi connectivity index (χ0n) is 11.6. The van der Waals surface area contributed by atoms with Crippen molar-refractivity contribution in [3.63, 3.8) is 0 Å². The molecule has 1 saturated heterocycles. The number of ether oxygens (including phenoxy) is 1. The Morgan fingerprint density at radius 2 is 2.20 bits per heavy atom. The second-order valence-corrected chi connectivity index (χ2v) is 5.51. The van der Waals surface area contributed by atoms with Crippen LogP contribution >= 0.6 is 0 Å². The Labute approximate surface area is 118 Å². The summed E-state index contributed by atoms with van der Waals surface area (Å²) >= 11 is 0. The van der Waals surface area contributed by atoms with Gasteiger partial charge in [-0.3, -0.25) is 10.1 Å². The number of likely N-dealkylation sites (tertiary alicyclic amines) is 1. The standard InChI is InChI=1S/C15H20N2O3/c1-10(15(19)17-6-2-3-7-17)16-13-9-20-14-8-11(18)4-5-12(13)14/h4-5,8,10,13,16,18H,2-3,6-7,9H2,1H3. The summed E-state index contributed by atoms with van der Waals surface area (Å²) in [5.41, 5.74) is 1.00. The number of nitrogens with one attached hydrogen (secondary N) is 1. The zero-order chi connectivity index (χ0) is 14.1. The Bertz CT molecular complexity index is 512. The minimum atomic E-state index is -0.221. The second-order valence-electron chi connectivity index (χ2n) is 5.51. The monoisotopic (exact) mass is 276 g/mol. The Hall–Kier alpha value is -1.75. The van der Waals surface area contributed by atoms with Gasteiger partial charge in [-0.2, -0.15) is 0 Å². The van der Waals surface area contributed by atoms with Crippen LogP contribution in [0.2, 0.25) is 0 Å². The molecule has 1 aromatic rings. The highest BCUT2D eigenvalue weighted by molar-refractivity contribution is 5.81. The number of hydrogen-bond donors (Lipinski definition) is 2. The summed E-state index contributed by atoms with van der Waals surface area (Å²) in [4.78, 5) is 14.2. The lowest BCUT2D eigenvalue weighted by Gasteiger charge is -2.23. The summed E-state index contributed by atoms with van der Waals surface area (Å²) in [6, 6.07) is 4.90. The molecule has 2 heterocycles. The molecule has 0 saturated carbocycles. The number of phenolic OH excluding ortho intramolecular Hbond substituents is 1. The average molecular weight is 276 g/mol. The van der Waals surface area contributed by atoms with Gasteiger partial charge in [0.05, 0.1) is 12.1 Å². The molecule has 0 spiro atoms. The highest BCUT2D eigenvalue weighted by Crippen LogP contribution is 2.35. The van der Waals surface area contributed by atoms with E-state index in [2.05, 4.69) is 5.32 Å². The van der Waals surface area contributed by atoms with Gasteiger partial charge in [-0.1, -0.05) is 0 Å². The second kappa shape index (κ2) is 5.32. The van der Waals surface area contributed by atoms with Gasteiger partial charge in [0.2, 0.25) is 5.91 Å². The topological polar surface area (TPSA) is 61.8 Å². The van der Waals surface area contributed by atoms with Gasteiger partial charge in [0.1, 0.15) is 18.1 Å². The van der Waals surface area contributed by atoms with E-state index in [4.69, 9.17) is 4.74 Å². The van der Waals surface area contributed by atoms with Crippen LogP contribution in [-0.4, -0.2) is 41.7 Å². The summed E-state index contributed by atoms with van der Waals surface area (Å²) in [5, 5.41) is 12.8. The molecule has 2 unspecified atom stereocenters. The third-order valence-corrected chi connectivity index (χ3v) is 4.02. The van der Waals surface area contributed by atoms with E-state index in [9.17, 15) is 9.90 Å². The fourth-order valence-electron chi connectivity index (χ4n) is 2.92. The molecular formula is C15H20N2O3. The average Bonchev–Trinajstić information content (AvgIpc) is 3.07. The molecule has 5 nitrogen and oxygen atoms in total. The van der Waals surface area contributed by atoms with Crippen molar-refractivity contribution in [3.8, 4) is 11.5 Å². The van der Waals surface area contributed by atoms with Crippen molar-refractivity contribution in [3.05, 3.63) is 23.8 Å². The van der Waals surface area contributed by atoms with Gasteiger partial charge in [0, 0.05) is 24.7 Å². The molecule has 0 bridgehead atoms. The maximum atomic E-state index is 12.3. The van der Waals surface area contributed by atoms with Gasteiger partial charge in [-0.25, -0.2) is 0 Å². The van der Waals surface area contributed by atoms with Crippen molar-refractivity contribution in [2.24, 2.45) is 0 Å². The van der Waals surface area contributed by atoms with Crippen LogP contribution in [0.5, 0.6) is 11.5 Å². The number of hydrogen-bond acceptors (Lipinski definition) is 4. The Morgan fingerprint density at radius 1 is 1.45 bits per heavy atom. The summed E-state index contributed by atoms with van der Waals surface area (Å²) in [7, 11) is 0. The van der Waals surface area contributed by atoms with Gasteiger partial charge in [0.15, 0.2) is 0 Å². The van der Waals surface area contributed by atoms with Crippen LogP contribution in [0.25, 0.3) is 0 Å². The largest absolute Gasteiger partial charge is 0.508 e. The van der Waals surface area contributed by atoms with Crippen molar-refractivity contribution >= 4 is 5.91 Å². The van der Waals surface area contributed by atoms with Crippen molar-refractivity contribution < 1.29 is 14.6 Å². The summed E-state index contributed by atoms with van der Waals surface area (Å²) in [6.45, 7) is 4.14. The van der Waals surface area contributed by atoms with Gasteiger partial charge >= 0.3 is 0 Å². The molecule has 2 aliphatic rings. The van der Waals surface area contributed by atoms with E-state index in [0.29, 0.717) is 12.4 Å². The van der Waals surface area contributed by atoms with Crippen LogP contribution in [-0.2, 0) is 4.79 Å². The lowest BCUT2D eigenvalue weighted by Crippen LogP contribution is -2.45. The molecule has 20 heavy (non-hydrogen) atoms. The number of aromatic hydroxyl groups is 1. The molecule has 5 heteroatoms. The predicted molar refractivity (Wildman–Crippen MR) is 74.8 cm³/mol. The lowest BCUT2D eigenvalue weighted by molar-refractivity contribution is -0.132. The SMILES string of the molecule is CC(NC1COc2cc(O)ccc21)C(=O)N1CCCC1. The van der Waals surface area contributed by atoms with Crippen molar-refractivity contribution in [2.45, 2.75) is 31.8 Å². The van der Waals surface area contributed by atoms with E-state index in [1.807, 2.05) is 17.9 Å². The first-order chi connectivity index (χ1) is 9.65. The minimum absolute atomic E-state index is 0.00662. The van der Waals surface area contributed by atoms with Crippen LogP contribution in [0.4, 0.5) is 0 Å². The third-order valence-electron chi connectivity index (χ3n) is 4.02. The molecule has 0 aliphatic carbocycles. The summed E-state index contributed by atoms with van der Waals surface area (Å²) < 4.78 is 5.55. The highest BCUT2D eigenvalue weighted by Gasteiger charge is 2.29. The van der Waals surface area contributed by atoms with Crippen LogP contribution in [0.15, 0.2) is 18.2 Å². The molecular weight excluding hydrogens is 256 g/mol. The first-order valence-electron chi connectivity index (χ1n) is 7.15. The number of rotatable bonds is 3. The predicted octanol–water partition coefficient (Wildman–Crippen LogP) is 1.43. The fraction of sp³-hybridized carbons (Fsp3) is 0.533. The van der Waals surface area contributed by atoms with Crippen molar-refractivity contribution in [2.75, 3.05) is 19.7 Å². The molecule has 0 aromatic heterocycles. The first-order valence-corrected chi connectivity index (χ1v) is 7.15. The highest BCUT2D eigenvalue weighted by atomic mass is 16.5. The molecule has 2 atom stereocenters. The van der Waals surface area contributed by atoms with Crippen LogP contribution in [0, 0.1) is 0 Å². The number of fused-ring (bicyclic) bond motifs is 1. The van der Waals surface area contributed by atoms with Gasteiger partial charge in [-0.05, 0) is 31.9 Å². The van der Waals surface area contributed by atoms with E-state index >= 15 is 0 Å². The molecule has 1 aromatic carbocycles. The maximum absolute atomic E-state index is 12.3. The van der Waals surface area contributed by atoms with E-state index in [-0.39, 0.29) is 23.7 Å². The summed E-state index contributed by atoms with van der Waals surface area (Å²) in [5.74, 6) is 1.06. The number of carbonyl (C=O) groups excluding carboxylic acids is 1. The number of nitrogens with zero attached hydrogens (tertiary/aromatic N) is 1. The lowest BCUT2D eigenvalue weighted by atomic mass is 10.1. The molecule has 2 N–H and O–H groups in total. The van der Waals surface area contributed by atoms with Gasteiger partial charge in [-0.15, -0.1) is 0 Å². The van der Waals surface area contributed by atoms with Crippen molar-refractivity contribution in [1.82, 2.24) is 10.2 Å². The third kappa shape index (κ3) is 2.45. The quantitative estimate of drug-likeness (QED) is 0.876. The number of amides is 1. The van der Waals surface area contributed by atoms with Crippen molar-refractivity contribution in [1.29, 1.82) is 0 Å². The molecule has 108 valence electrons. The van der Waals surface area contributed by atoms with E-state index in [1.165, 1.54) is 0 Å². The first kappa shape index (κ1) is 13.2. The smallest absolute Gasteiger partial charge is 0.239 e.